The maximum atomic E-state index is 13.6. The first-order valence-corrected chi connectivity index (χ1v) is 10.9. The number of amides is 1. The zero-order chi connectivity index (χ0) is 23.7. The number of hydrogen-bond donors (Lipinski definition) is 1. The number of carbonyl (C=O) groups is 1. The number of carbonyl (C=O) groups excluding carboxylic acids is 1. The van der Waals surface area contributed by atoms with Crippen LogP contribution in [0, 0.1) is 5.82 Å². The summed E-state index contributed by atoms with van der Waals surface area (Å²) in [6.45, 7) is 0.208. The van der Waals surface area contributed by atoms with E-state index in [1.807, 2.05) is 0 Å². The molecule has 11 heteroatoms. The van der Waals surface area contributed by atoms with Gasteiger partial charge in [-0.1, -0.05) is 28.1 Å². The molecule has 0 unspecified atom stereocenters. The second-order valence-corrected chi connectivity index (χ2v) is 8.13. The first kappa shape index (κ1) is 21.7. The summed E-state index contributed by atoms with van der Waals surface area (Å²) in [4.78, 5) is 24.6. The molecule has 3 heterocycles. The fraction of sp³-hybridized carbons (Fsp3) is 0.0870. The van der Waals surface area contributed by atoms with Gasteiger partial charge >= 0.3 is 5.63 Å². The van der Waals surface area contributed by atoms with E-state index in [1.54, 1.807) is 42.5 Å². The van der Waals surface area contributed by atoms with Crippen molar-refractivity contribution in [1.29, 1.82) is 0 Å². The maximum Gasteiger partial charge on any atom is 0.349 e. The van der Waals surface area contributed by atoms with Crippen molar-refractivity contribution in [3.63, 3.8) is 0 Å². The molecule has 9 nitrogen and oxygen atoms in total. The lowest BCUT2D eigenvalue weighted by Gasteiger charge is -2.08. The number of ether oxygens (including phenoxy) is 1. The molecule has 1 N–H and O–H groups in total. The Morgan fingerprint density at radius 2 is 2.00 bits per heavy atom. The van der Waals surface area contributed by atoms with Crippen molar-refractivity contribution < 1.29 is 18.3 Å². The summed E-state index contributed by atoms with van der Waals surface area (Å²) in [5.74, 6) is -0.350. The average molecular weight is 524 g/mol. The molecule has 0 aliphatic rings. The molecule has 0 radical (unpaired) electrons. The Morgan fingerprint density at radius 3 is 2.85 bits per heavy atom. The van der Waals surface area contributed by atoms with Crippen LogP contribution in [0.5, 0.6) is 5.88 Å². The lowest BCUT2D eigenvalue weighted by molar-refractivity contribution is 0.0943. The van der Waals surface area contributed by atoms with Crippen LogP contribution in [0.25, 0.3) is 28.0 Å². The third kappa shape index (κ3) is 4.37. The molecular weight excluding hydrogens is 509 g/mol. The molecule has 0 saturated heterocycles. The zero-order valence-corrected chi connectivity index (χ0v) is 19.0. The van der Waals surface area contributed by atoms with Crippen LogP contribution < -0.4 is 15.7 Å². The number of hydrogen-bond acceptors (Lipinski definition) is 7. The predicted molar refractivity (Wildman–Crippen MR) is 124 cm³/mol. The molecule has 5 aromatic rings. The number of fused-ring (bicyclic) bond motifs is 2. The van der Waals surface area contributed by atoms with Gasteiger partial charge in [0.2, 0.25) is 5.88 Å². The Balaban J connectivity index is 1.25. The Kier molecular flexibility index (Phi) is 5.76. The predicted octanol–water partition coefficient (Wildman–Crippen LogP) is 3.61. The molecule has 0 aliphatic heterocycles. The third-order valence-electron chi connectivity index (χ3n) is 4.90. The standard InChI is InChI=1S/C23H15BrFN5O4/c24-15-4-5-18-14(10-15)12-17(23(32)34-18)22(31)26-8-9-33-20-7-6-19-27-28-21(30(19)29-20)13-2-1-3-16(25)11-13/h1-7,10-12H,8-9H2,(H,26,31). The molecule has 0 aliphatic carbocycles. The van der Waals surface area contributed by atoms with Gasteiger partial charge in [-0.3, -0.25) is 4.79 Å². The Morgan fingerprint density at radius 1 is 1.12 bits per heavy atom. The van der Waals surface area contributed by atoms with Crippen LogP contribution in [0.2, 0.25) is 0 Å². The highest BCUT2D eigenvalue weighted by atomic mass is 79.9. The summed E-state index contributed by atoms with van der Waals surface area (Å²) >= 11 is 3.35. The molecular formula is C23H15BrFN5O4. The van der Waals surface area contributed by atoms with Gasteiger partial charge in [0.1, 0.15) is 23.6 Å². The molecule has 0 fully saturated rings. The van der Waals surface area contributed by atoms with Gasteiger partial charge in [0.05, 0.1) is 6.54 Å². The first-order valence-electron chi connectivity index (χ1n) is 10.1. The lowest BCUT2D eigenvalue weighted by atomic mass is 10.2. The van der Waals surface area contributed by atoms with Gasteiger partial charge in [-0.15, -0.1) is 15.3 Å². The largest absolute Gasteiger partial charge is 0.475 e. The van der Waals surface area contributed by atoms with Crippen molar-refractivity contribution in [2.24, 2.45) is 0 Å². The number of benzene rings is 2. The van der Waals surface area contributed by atoms with Crippen LogP contribution >= 0.6 is 15.9 Å². The van der Waals surface area contributed by atoms with Crippen molar-refractivity contribution >= 4 is 38.5 Å². The van der Waals surface area contributed by atoms with Crippen LogP contribution in [0.4, 0.5) is 4.39 Å². The summed E-state index contributed by atoms with van der Waals surface area (Å²) < 4.78 is 26.7. The van der Waals surface area contributed by atoms with E-state index >= 15 is 0 Å². The quantitative estimate of drug-likeness (QED) is 0.267. The summed E-state index contributed by atoms with van der Waals surface area (Å²) in [6.07, 6.45) is 0. The molecule has 0 saturated carbocycles. The second kappa shape index (κ2) is 9.02. The van der Waals surface area contributed by atoms with Gasteiger partial charge in [0.15, 0.2) is 11.5 Å². The van der Waals surface area contributed by atoms with Crippen molar-refractivity contribution in [2.75, 3.05) is 13.2 Å². The molecule has 0 atom stereocenters. The van der Waals surface area contributed by atoms with Gasteiger partial charge < -0.3 is 14.5 Å². The number of nitrogens with one attached hydrogen (secondary N) is 1. The number of aromatic nitrogens is 4. The minimum Gasteiger partial charge on any atom is -0.475 e. The van der Waals surface area contributed by atoms with Gasteiger partial charge in [-0.05, 0) is 42.5 Å². The van der Waals surface area contributed by atoms with Crippen LogP contribution in [-0.2, 0) is 0 Å². The Labute approximate surface area is 199 Å². The Bertz CT molecular complexity index is 1600. The van der Waals surface area contributed by atoms with E-state index in [4.69, 9.17) is 9.15 Å². The summed E-state index contributed by atoms with van der Waals surface area (Å²) in [5.41, 5.74) is 0.550. The highest BCUT2D eigenvalue weighted by molar-refractivity contribution is 9.10. The van der Waals surface area contributed by atoms with Crippen molar-refractivity contribution in [3.8, 4) is 17.3 Å². The summed E-state index contributed by atoms with van der Waals surface area (Å²) in [5, 5.41) is 15.7. The lowest BCUT2D eigenvalue weighted by Crippen LogP contribution is -2.31. The number of halogens is 2. The van der Waals surface area contributed by atoms with Crippen LogP contribution in [0.3, 0.4) is 0 Å². The van der Waals surface area contributed by atoms with E-state index in [0.717, 1.165) is 4.47 Å². The van der Waals surface area contributed by atoms with Gasteiger partial charge in [-0.25, -0.2) is 9.18 Å². The number of nitrogens with zero attached hydrogens (tertiary/aromatic N) is 4. The highest BCUT2D eigenvalue weighted by Crippen LogP contribution is 2.20. The minimum absolute atomic E-state index is 0.0894. The molecule has 1 amide bonds. The van der Waals surface area contributed by atoms with Crippen molar-refractivity contribution in [3.05, 3.63) is 86.9 Å². The Hall–Kier alpha value is -4.12. The fourth-order valence-electron chi connectivity index (χ4n) is 3.32. The van der Waals surface area contributed by atoms with E-state index in [1.165, 1.54) is 22.7 Å². The first-order chi connectivity index (χ1) is 16.5. The van der Waals surface area contributed by atoms with Crippen LogP contribution in [0.1, 0.15) is 10.4 Å². The minimum atomic E-state index is -0.724. The van der Waals surface area contributed by atoms with E-state index in [9.17, 15) is 14.0 Å². The fourth-order valence-corrected chi connectivity index (χ4v) is 3.70. The third-order valence-corrected chi connectivity index (χ3v) is 5.39. The van der Waals surface area contributed by atoms with Gasteiger partial charge in [0.25, 0.3) is 5.91 Å². The molecule has 34 heavy (non-hydrogen) atoms. The second-order valence-electron chi connectivity index (χ2n) is 7.21. The monoisotopic (exact) mass is 523 g/mol. The van der Waals surface area contributed by atoms with E-state index in [2.05, 4.69) is 36.5 Å². The van der Waals surface area contributed by atoms with Gasteiger partial charge in [0, 0.05) is 21.5 Å². The molecule has 5 rings (SSSR count). The SMILES string of the molecule is O=C(NCCOc1ccc2nnc(-c3cccc(F)c3)n2n1)c1cc2cc(Br)ccc2oc1=O. The molecule has 170 valence electrons. The van der Waals surface area contributed by atoms with Crippen molar-refractivity contribution in [1.82, 2.24) is 25.1 Å². The molecule has 0 spiro atoms. The average Bonchev–Trinajstić information content (AvgIpc) is 3.25. The van der Waals surface area contributed by atoms with E-state index in [0.29, 0.717) is 28.0 Å². The van der Waals surface area contributed by atoms with Gasteiger partial charge in [-0.2, -0.15) is 4.52 Å². The van der Waals surface area contributed by atoms with Crippen LogP contribution in [0.15, 0.2) is 74.3 Å². The summed E-state index contributed by atoms with van der Waals surface area (Å²) in [7, 11) is 0. The zero-order valence-electron chi connectivity index (χ0n) is 17.4. The number of rotatable bonds is 6. The van der Waals surface area contributed by atoms with E-state index in [-0.39, 0.29) is 24.6 Å². The maximum absolute atomic E-state index is 13.6. The van der Waals surface area contributed by atoms with E-state index < -0.39 is 17.3 Å². The topological polar surface area (TPSA) is 112 Å². The van der Waals surface area contributed by atoms with Crippen LogP contribution in [-0.4, -0.2) is 38.9 Å². The highest BCUT2D eigenvalue weighted by Gasteiger charge is 2.14. The molecule has 2 aromatic carbocycles. The summed E-state index contributed by atoms with van der Waals surface area (Å²) in [6, 6.07) is 15.8. The smallest absolute Gasteiger partial charge is 0.349 e. The molecule has 3 aromatic heterocycles. The van der Waals surface area contributed by atoms with Crippen molar-refractivity contribution in [2.45, 2.75) is 0 Å². The normalized spacial score (nSPS) is 11.1. The molecule has 0 bridgehead atoms.